The van der Waals surface area contributed by atoms with Crippen LogP contribution in [0.3, 0.4) is 0 Å². The maximum absolute atomic E-state index is 10.3. The number of aliphatic hydroxyl groups is 2. The minimum Gasteiger partial charge on any atom is -0.505 e. The van der Waals surface area contributed by atoms with Crippen molar-refractivity contribution in [3.05, 3.63) is 35.0 Å². The van der Waals surface area contributed by atoms with Gasteiger partial charge in [-0.1, -0.05) is 11.6 Å². The smallest absolute Gasteiger partial charge is 0.146 e. The molecule has 108 valence electrons. The number of phenolic OH excluding ortho intramolecular Hbond substituents is 1. The molecule has 0 atom stereocenters. The molecular weight excluding hydrogens is 280 g/mol. The van der Waals surface area contributed by atoms with E-state index in [0.29, 0.717) is 41.1 Å². The number of hydrogen-bond acceptors (Lipinski definition) is 5. The van der Waals surface area contributed by atoms with Gasteiger partial charge in [0, 0.05) is 36.8 Å². The second-order valence-corrected chi connectivity index (χ2v) is 4.90. The van der Waals surface area contributed by atoms with E-state index in [1.165, 1.54) is 0 Å². The van der Waals surface area contributed by atoms with E-state index in [0.717, 1.165) is 0 Å². The van der Waals surface area contributed by atoms with Crippen LogP contribution in [0.4, 0.5) is 0 Å². The second kappa shape index (κ2) is 6.85. The van der Waals surface area contributed by atoms with E-state index in [1.54, 1.807) is 24.4 Å². The Hall–Kier alpha value is -1.40. The first-order chi connectivity index (χ1) is 9.67. The van der Waals surface area contributed by atoms with Crippen LogP contribution in [0, 0.1) is 0 Å². The number of hydrogen-bond donors (Lipinski definition) is 3. The molecule has 0 aliphatic rings. The van der Waals surface area contributed by atoms with Gasteiger partial charge in [-0.2, -0.15) is 0 Å². The minimum absolute atomic E-state index is 0.0136. The molecule has 3 N–H and O–H groups in total. The zero-order valence-corrected chi connectivity index (χ0v) is 11.7. The average molecular weight is 297 g/mol. The first-order valence-corrected chi connectivity index (χ1v) is 6.74. The highest BCUT2D eigenvalue weighted by Crippen LogP contribution is 2.33. The number of aromatic nitrogens is 1. The summed E-state index contributed by atoms with van der Waals surface area (Å²) in [6.45, 7) is 1.19. The third kappa shape index (κ3) is 3.19. The standard InChI is InChI=1S/C14H17ClN2O3/c15-12-8-10(9-17(4-6-18)5-7-19)14(20)13-11(12)2-1-3-16-13/h1-3,8,18-20H,4-7,9H2. The number of fused-ring (bicyclic) bond motifs is 1. The number of rotatable bonds is 6. The third-order valence-electron chi connectivity index (χ3n) is 3.12. The molecule has 0 saturated heterocycles. The molecule has 20 heavy (non-hydrogen) atoms. The molecule has 0 spiro atoms. The Balaban J connectivity index is 2.36. The van der Waals surface area contributed by atoms with Gasteiger partial charge in [-0.3, -0.25) is 9.88 Å². The largest absolute Gasteiger partial charge is 0.505 e. The van der Waals surface area contributed by atoms with E-state index < -0.39 is 0 Å². The predicted octanol–water partition coefficient (Wildman–Crippen LogP) is 1.38. The van der Waals surface area contributed by atoms with Crippen LogP contribution in [0.2, 0.25) is 5.02 Å². The topological polar surface area (TPSA) is 76.8 Å². The van der Waals surface area contributed by atoms with E-state index in [4.69, 9.17) is 21.8 Å². The number of halogens is 1. The number of phenols is 1. The summed E-state index contributed by atoms with van der Waals surface area (Å²) in [7, 11) is 0. The molecule has 0 aliphatic heterocycles. The first kappa shape index (κ1) is 15.0. The van der Waals surface area contributed by atoms with Crippen molar-refractivity contribution < 1.29 is 15.3 Å². The van der Waals surface area contributed by atoms with Crippen molar-refractivity contribution >= 4 is 22.5 Å². The summed E-state index contributed by atoms with van der Waals surface area (Å²) >= 11 is 6.20. The third-order valence-corrected chi connectivity index (χ3v) is 3.43. The predicted molar refractivity (Wildman–Crippen MR) is 77.9 cm³/mol. The molecule has 2 aromatic rings. The maximum atomic E-state index is 10.3. The van der Waals surface area contributed by atoms with Gasteiger partial charge in [-0.15, -0.1) is 0 Å². The van der Waals surface area contributed by atoms with Crippen LogP contribution < -0.4 is 0 Å². The Bertz CT molecular complexity index is 586. The van der Waals surface area contributed by atoms with Crippen LogP contribution in [0.1, 0.15) is 5.56 Å². The molecule has 5 nitrogen and oxygen atoms in total. The number of nitrogens with zero attached hydrogens (tertiary/aromatic N) is 2. The van der Waals surface area contributed by atoms with Crippen LogP contribution >= 0.6 is 11.6 Å². The highest BCUT2D eigenvalue weighted by Gasteiger charge is 2.14. The SMILES string of the molecule is OCCN(CCO)Cc1cc(Cl)c2cccnc2c1O. The van der Waals surface area contributed by atoms with Gasteiger partial charge in [0.1, 0.15) is 11.3 Å². The average Bonchev–Trinajstić information content (AvgIpc) is 2.45. The summed E-state index contributed by atoms with van der Waals surface area (Å²) in [6.07, 6.45) is 1.60. The van der Waals surface area contributed by atoms with Crippen LogP contribution in [0.5, 0.6) is 5.75 Å². The molecule has 0 unspecified atom stereocenters. The highest BCUT2D eigenvalue weighted by atomic mass is 35.5. The van der Waals surface area contributed by atoms with Gasteiger partial charge in [-0.05, 0) is 18.2 Å². The van der Waals surface area contributed by atoms with Crippen molar-refractivity contribution in [3.8, 4) is 5.75 Å². The first-order valence-electron chi connectivity index (χ1n) is 6.36. The maximum Gasteiger partial charge on any atom is 0.146 e. The molecule has 0 amide bonds. The Morgan fingerprint density at radius 2 is 1.90 bits per heavy atom. The lowest BCUT2D eigenvalue weighted by Crippen LogP contribution is -2.29. The summed E-state index contributed by atoms with van der Waals surface area (Å²) in [5.74, 6) is 0.0888. The van der Waals surface area contributed by atoms with E-state index in [9.17, 15) is 5.11 Å². The molecule has 1 heterocycles. The summed E-state index contributed by atoms with van der Waals surface area (Å²) < 4.78 is 0. The summed E-state index contributed by atoms with van der Waals surface area (Å²) in [4.78, 5) is 5.98. The Morgan fingerprint density at radius 3 is 2.55 bits per heavy atom. The lowest BCUT2D eigenvalue weighted by Gasteiger charge is -2.21. The van der Waals surface area contributed by atoms with Crippen molar-refractivity contribution in [2.24, 2.45) is 0 Å². The molecule has 1 aromatic heterocycles. The number of pyridine rings is 1. The number of benzene rings is 1. The van der Waals surface area contributed by atoms with Gasteiger partial charge in [0.15, 0.2) is 0 Å². The van der Waals surface area contributed by atoms with Crippen molar-refractivity contribution in [3.63, 3.8) is 0 Å². The monoisotopic (exact) mass is 296 g/mol. The van der Waals surface area contributed by atoms with Gasteiger partial charge in [0.2, 0.25) is 0 Å². The van der Waals surface area contributed by atoms with Crippen LogP contribution in [-0.2, 0) is 6.54 Å². The Kier molecular flexibility index (Phi) is 5.14. The quantitative estimate of drug-likeness (QED) is 0.751. The molecule has 0 bridgehead atoms. The summed E-state index contributed by atoms with van der Waals surface area (Å²) in [5.41, 5.74) is 1.09. The zero-order chi connectivity index (χ0) is 14.5. The zero-order valence-electron chi connectivity index (χ0n) is 11.0. The molecule has 0 fully saturated rings. The number of aliphatic hydroxyl groups excluding tert-OH is 2. The van der Waals surface area contributed by atoms with E-state index in [2.05, 4.69) is 4.98 Å². The molecule has 0 aliphatic carbocycles. The van der Waals surface area contributed by atoms with Crippen molar-refractivity contribution in [2.75, 3.05) is 26.3 Å². The van der Waals surface area contributed by atoms with Crippen molar-refractivity contribution in [1.29, 1.82) is 0 Å². The van der Waals surface area contributed by atoms with Gasteiger partial charge >= 0.3 is 0 Å². The lowest BCUT2D eigenvalue weighted by molar-refractivity contribution is 0.155. The van der Waals surface area contributed by atoms with Crippen LogP contribution in [0.15, 0.2) is 24.4 Å². The van der Waals surface area contributed by atoms with Crippen molar-refractivity contribution in [2.45, 2.75) is 6.54 Å². The minimum atomic E-state index is -0.0136. The normalized spacial score (nSPS) is 11.4. The van der Waals surface area contributed by atoms with Gasteiger partial charge in [0.25, 0.3) is 0 Å². The Labute approximate surface area is 122 Å². The summed E-state index contributed by atoms with van der Waals surface area (Å²) in [5, 5.41) is 29.5. The highest BCUT2D eigenvalue weighted by molar-refractivity contribution is 6.35. The van der Waals surface area contributed by atoms with Gasteiger partial charge in [0.05, 0.1) is 18.2 Å². The van der Waals surface area contributed by atoms with E-state index >= 15 is 0 Å². The fraction of sp³-hybridized carbons (Fsp3) is 0.357. The van der Waals surface area contributed by atoms with Crippen molar-refractivity contribution in [1.82, 2.24) is 9.88 Å². The van der Waals surface area contributed by atoms with Gasteiger partial charge in [-0.25, -0.2) is 0 Å². The molecule has 6 heteroatoms. The molecule has 0 saturated carbocycles. The lowest BCUT2D eigenvalue weighted by atomic mass is 10.1. The molecule has 0 radical (unpaired) electrons. The fourth-order valence-corrected chi connectivity index (χ4v) is 2.44. The molecule has 2 rings (SSSR count). The van der Waals surface area contributed by atoms with E-state index in [-0.39, 0.29) is 19.0 Å². The molecule has 1 aromatic carbocycles. The second-order valence-electron chi connectivity index (χ2n) is 4.49. The molecular formula is C14H17ClN2O3. The number of aromatic hydroxyl groups is 1. The van der Waals surface area contributed by atoms with E-state index in [1.807, 2.05) is 4.90 Å². The summed E-state index contributed by atoms with van der Waals surface area (Å²) in [6, 6.07) is 5.26. The Morgan fingerprint density at radius 1 is 1.20 bits per heavy atom. The van der Waals surface area contributed by atoms with Crippen LogP contribution in [0.25, 0.3) is 10.9 Å². The fourth-order valence-electron chi connectivity index (χ4n) is 2.15. The van der Waals surface area contributed by atoms with Crippen LogP contribution in [-0.4, -0.2) is 51.5 Å². The van der Waals surface area contributed by atoms with Gasteiger partial charge < -0.3 is 15.3 Å².